The molecule has 0 radical (unpaired) electrons. The zero-order valence-electron chi connectivity index (χ0n) is 21.2. The van der Waals surface area contributed by atoms with Crippen molar-refractivity contribution < 1.29 is 9.18 Å². The highest BCUT2D eigenvalue weighted by Crippen LogP contribution is 2.36. The topological polar surface area (TPSA) is 45.2 Å². The fourth-order valence-electron chi connectivity index (χ4n) is 5.77. The second-order valence-electron chi connectivity index (χ2n) is 10.5. The molecule has 3 aromatic rings. The van der Waals surface area contributed by atoms with Crippen LogP contribution < -0.4 is 5.32 Å². The smallest absolute Gasteiger partial charge is 0.166 e. The van der Waals surface area contributed by atoms with Crippen LogP contribution in [-0.2, 0) is 0 Å². The zero-order chi connectivity index (χ0) is 25.2. The van der Waals surface area contributed by atoms with Gasteiger partial charge in [0, 0.05) is 41.2 Å². The maximum Gasteiger partial charge on any atom is 0.166 e. The molecule has 2 heterocycles. The van der Waals surface area contributed by atoms with Crippen LogP contribution in [0.3, 0.4) is 0 Å². The molecular weight excluding hydrogens is 473 g/mol. The second-order valence-corrected chi connectivity index (χ2v) is 10.9. The molecule has 36 heavy (non-hydrogen) atoms. The summed E-state index contributed by atoms with van der Waals surface area (Å²) in [6, 6.07) is 9.52. The first-order valence-electron chi connectivity index (χ1n) is 13.3. The molecule has 2 fully saturated rings. The lowest BCUT2D eigenvalue weighted by molar-refractivity contribution is 0.0988. The average Bonchev–Trinajstić information content (AvgIpc) is 3.40. The largest absolute Gasteiger partial charge is 0.381 e. The number of Topliss-reactive ketones (excluding diaryl/α,β-unsaturated/α-hetero) is 1. The van der Waals surface area contributed by atoms with Crippen LogP contribution in [0.15, 0.2) is 36.5 Å². The molecule has 0 atom stereocenters. The molecule has 4 nitrogen and oxygen atoms in total. The van der Waals surface area contributed by atoms with Gasteiger partial charge in [-0.1, -0.05) is 24.6 Å². The van der Waals surface area contributed by atoms with Crippen LogP contribution in [0.25, 0.3) is 22.0 Å². The molecule has 0 amide bonds. The van der Waals surface area contributed by atoms with E-state index >= 15 is 0 Å². The number of nitrogens with one attached hydrogen (secondary N) is 1. The van der Waals surface area contributed by atoms with Crippen molar-refractivity contribution in [3.63, 3.8) is 0 Å². The summed E-state index contributed by atoms with van der Waals surface area (Å²) in [6.07, 6.45) is 9.41. The van der Waals surface area contributed by atoms with Crippen LogP contribution in [0, 0.1) is 18.7 Å². The van der Waals surface area contributed by atoms with E-state index in [2.05, 4.69) is 15.2 Å². The molecule has 5 rings (SSSR count). The summed E-state index contributed by atoms with van der Waals surface area (Å²) in [5.74, 6) is 0.513. The van der Waals surface area contributed by atoms with E-state index < -0.39 is 0 Å². The molecule has 1 aromatic heterocycles. The van der Waals surface area contributed by atoms with Crippen molar-refractivity contribution in [1.29, 1.82) is 0 Å². The van der Waals surface area contributed by atoms with Crippen LogP contribution in [0.5, 0.6) is 0 Å². The number of hydrogen-bond acceptors (Lipinski definition) is 4. The summed E-state index contributed by atoms with van der Waals surface area (Å²) in [7, 11) is 0. The van der Waals surface area contributed by atoms with Gasteiger partial charge in [0.2, 0.25) is 0 Å². The molecule has 1 aliphatic heterocycles. The number of pyridine rings is 1. The van der Waals surface area contributed by atoms with Crippen molar-refractivity contribution in [3.05, 3.63) is 58.5 Å². The van der Waals surface area contributed by atoms with E-state index in [0.29, 0.717) is 34.2 Å². The monoisotopic (exact) mass is 507 g/mol. The Labute approximate surface area is 218 Å². The van der Waals surface area contributed by atoms with Crippen LogP contribution in [0.1, 0.15) is 67.8 Å². The van der Waals surface area contributed by atoms with Gasteiger partial charge in [0.25, 0.3) is 0 Å². The van der Waals surface area contributed by atoms with Gasteiger partial charge >= 0.3 is 0 Å². The molecule has 1 aliphatic carbocycles. The van der Waals surface area contributed by atoms with E-state index in [9.17, 15) is 9.18 Å². The van der Waals surface area contributed by atoms with E-state index in [1.54, 1.807) is 19.2 Å². The summed E-state index contributed by atoms with van der Waals surface area (Å²) >= 11 is 6.29. The maximum absolute atomic E-state index is 14.4. The number of aromatic nitrogens is 1. The normalized spacial score (nSPS) is 20.7. The van der Waals surface area contributed by atoms with E-state index in [0.717, 1.165) is 40.9 Å². The van der Waals surface area contributed by atoms with E-state index in [1.165, 1.54) is 51.4 Å². The highest BCUT2D eigenvalue weighted by molar-refractivity contribution is 6.31. The molecule has 1 N–H and O–H groups in total. The Morgan fingerprint density at radius 3 is 2.56 bits per heavy atom. The molecule has 0 unspecified atom stereocenters. The number of fused-ring (bicyclic) bond motifs is 1. The molecule has 0 spiro atoms. The van der Waals surface area contributed by atoms with Crippen molar-refractivity contribution in [3.8, 4) is 11.1 Å². The van der Waals surface area contributed by atoms with Crippen LogP contribution >= 0.6 is 11.6 Å². The van der Waals surface area contributed by atoms with Gasteiger partial charge in [0.15, 0.2) is 5.78 Å². The Kier molecular flexibility index (Phi) is 7.59. The number of carbonyl (C=O) groups is 1. The van der Waals surface area contributed by atoms with Crippen molar-refractivity contribution in [2.75, 3.05) is 25.0 Å². The van der Waals surface area contributed by atoms with Gasteiger partial charge in [-0.2, -0.15) is 0 Å². The number of carbonyl (C=O) groups excluding carboxylic acids is 1. The quantitative estimate of drug-likeness (QED) is 0.333. The van der Waals surface area contributed by atoms with Gasteiger partial charge in [0.05, 0.1) is 16.8 Å². The standard InChI is InChI=1S/C30H35ClFN3O/c1-3-29(36)25-17-33-28-11-8-21(22-15-26(31)19(2)27(32)16-22)14-24(28)30(25)34-23-9-6-20(7-10-23)18-35-12-4-5-13-35/h8,11,14-17,20,23H,3-7,9-10,12-13,18H2,1-2H3,(H,33,34)/t20-,23-. The highest BCUT2D eigenvalue weighted by atomic mass is 35.5. The minimum absolute atomic E-state index is 0.0736. The fraction of sp³-hybridized carbons (Fsp3) is 0.467. The zero-order valence-corrected chi connectivity index (χ0v) is 22.0. The minimum Gasteiger partial charge on any atom is -0.381 e. The highest BCUT2D eigenvalue weighted by Gasteiger charge is 2.26. The summed E-state index contributed by atoms with van der Waals surface area (Å²) in [5, 5.41) is 5.05. The van der Waals surface area contributed by atoms with Crippen molar-refractivity contribution in [2.24, 2.45) is 5.92 Å². The van der Waals surface area contributed by atoms with Gasteiger partial charge in [-0.15, -0.1) is 0 Å². The van der Waals surface area contributed by atoms with E-state index in [-0.39, 0.29) is 11.6 Å². The third-order valence-electron chi connectivity index (χ3n) is 8.01. The Hall–Kier alpha value is -2.50. The number of halogens is 2. The molecule has 1 saturated carbocycles. The third kappa shape index (κ3) is 5.28. The molecule has 6 heteroatoms. The molecule has 2 aromatic carbocycles. The second kappa shape index (κ2) is 10.9. The van der Waals surface area contributed by atoms with Crippen LogP contribution in [0.4, 0.5) is 10.1 Å². The maximum atomic E-state index is 14.4. The van der Waals surface area contributed by atoms with E-state index in [1.807, 2.05) is 25.1 Å². The number of likely N-dealkylation sites (tertiary alicyclic amines) is 1. The van der Waals surface area contributed by atoms with E-state index in [4.69, 9.17) is 11.6 Å². The molecule has 0 bridgehead atoms. The van der Waals surface area contributed by atoms with Gasteiger partial charge in [0.1, 0.15) is 5.82 Å². The molecule has 190 valence electrons. The predicted molar refractivity (Wildman–Crippen MR) is 147 cm³/mol. The van der Waals surface area contributed by atoms with Crippen molar-refractivity contribution >= 4 is 34.0 Å². The lowest BCUT2D eigenvalue weighted by atomic mass is 9.85. The first kappa shape index (κ1) is 25.2. The van der Waals surface area contributed by atoms with Gasteiger partial charge in [-0.3, -0.25) is 9.78 Å². The Morgan fingerprint density at radius 1 is 1.11 bits per heavy atom. The third-order valence-corrected chi connectivity index (χ3v) is 8.41. The Morgan fingerprint density at radius 2 is 1.86 bits per heavy atom. The number of hydrogen-bond donors (Lipinski definition) is 1. The molecule has 2 aliphatic rings. The summed E-state index contributed by atoms with van der Waals surface area (Å²) in [5.41, 5.74) is 4.32. The first-order chi connectivity index (χ1) is 17.4. The van der Waals surface area contributed by atoms with Gasteiger partial charge in [-0.25, -0.2) is 4.39 Å². The number of nitrogens with zero attached hydrogens (tertiary/aromatic N) is 2. The van der Waals surface area contributed by atoms with Crippen molar-refractivity contribution in [1.82, 2.24) is 9.88 Å². The number of benzene rings is 2. The van der Waals surface area contributed by atoms with Gasteiger partial charge < -0.3 is 10.2 Å². The number of anilines is 1. The first-order valence-corrected chi connectivity index (χ1v) is 13.7. The Bertz CT molecular complexity index is 1240. The molecular formula is C30H35ClFN3O. The van der Waals surface area contributed by atoms with Crippen LogP contribution in [0.2, 0.25) is 5.02 Å². The minimum atomic E-state index is -0.324. The number of rotatable bonds is 7. The SMILES string of the molecule is CCC(=O)c1cnc2ccc(-c3cc(F)c(C)c(Cl)c3)cc2c1N[C@H]1CC[C@H](CN2CCCC2)CC1. The fourth-order valence-corrected chi connectivity index (χ4v) is 5.97. The predicted octanol–water partition coefficient (Wildman–Crippen LogP) is 7.66. The lowest BCUT2D eigenvalue weighted by Crippen LogP contribution is -2.33. The average molecular weight is 508 g/mol. The Balaban J connectivity index is 1.44. The lowest BCUT2D eigenvalue weighted by Gasteiger charge is -2.32. The summed E-state index contributed by atoms with van der Waals surface area (Å²) < 4.78 is 14.4. The summed E-state index contributed by atoms with van der Waals surface area (Å²) in [6.45, 7) is 7.29. The number of ketones is 1. The molecule has 1 saturated heterocycles. The van der Waals surface area contributed by atoms with Gasteiger partial charge in [-0.05, 0) is 99.8 Å². The summed E-state index contributed by atoms with van der Waals surface area (Å²) in [4.78, 5) is 20.1. The van der Waals surface area contributed by atoms with Crippen molar-refractivity contribution in [2.45, 2.75) is 64.8 Å². The van der Waals surface area contributed by atoms with Crippen LogP contribution in [-0.4, -0.2) is 41.3 Å².